The fraction of sp³-hybridized carbons (Fsp3) is 0.130. The molecule has 1 aliphatic rings. The lowest BCUT2D eigenvalue weighted by molar-refractivity contribution is -0.143. The number of hydrogen-bond donors (Lipinski definition) is 0. The lowest BCUT2D eigenvalue weighted by atomic mass is 10.0. The largest absolute Gasteiger partial charge is 0.489 e. The molecule has 0 N–H and O–H groups in total. The number of ether oxygens (including phenoxy) is 2. The summed E-state index contributed by atoms with van der Waals surface area (Å²) in [5.74, 6) is -0.217. The van der Waals surface area contributed by atoms with Gasteiger partial charge in [-0.25, -0.2) is 4.79 Å². The molecule has 4 rings (SSSR count). The van der Waals surface area contributed by atoms with Crippen molar-refractivity contribution in [3.05, 3.63) is 88.6 Å². The molecular formula is C23H19NO4S. The predicted octanol–water partition coefficient (Wildman–Crippen LogP) is 4.47. The van der Waals surface area contributed by atoms with Gasteiger partial charge in [-0.1, -0.05) is 42.5 Å². The highest BCUT2D eigenvalue weighted by Crippen LogP contribution is 2.39. The highest BCUT2D eigenvalue weighted by Gasteiger charge is 2.33. The van der Waals surface area contributed by atoms with E-state index in [1.165, 1.54) is 6.08 Å². The first-order valence-corrected chi connectivity index (χ1v) is 10.1. The van der Waals surface area contributed by atoms with E-state index >= 15 is 0 Å². The van der Waals surface area contributed by atoms with E-state index in [0.717, 1.165) is 11.1 Å². The van der Waals surface area contributed by atoms with Crippen LogP contribution in [0.15, 0.2) is 77.5 Å². The van der Waals surface area contributed by atoms with Crippen molar-refractivity contribution in [2.75, 3.05) is 18.1 Å². The van der Waals surface area contributed by atoms with E-state index in [9.17, 15) is 9.59 Å². The number of anilines is 1. The van der Waals surface area contributed by atoms with Gasteiger partial charge >= 0.3 is 5.97 Å². The predicted molar refractivity (Wildman–Crippen MR) is 113 cm³/mol. The van der Waals surface area contributed by atoms with Crippen molar-refractivity contribution >= 4 is 35.0 Å². The summed E-state index contributed by atoms with van der Waals surface area (Å²) in [4.78, 5) is 26.7. The van der Waals surface area contributed by atoms with Gasteiger partial charge in [0.2, 0.25) is 0 Å². The third kappa shape index (κ3) is 4.38. The standard InChI is InChI=1S/C23H19NO4S/c25-22(15-28-23(26)11-10-17-12-13-29-16-17)24-19-8-4-5-9-21(19)27-14-20(24)18-6-2-1-3-7-18/h1-13,16,20H,14-15H2/b11-10+/t20-/m1/s1. The highest BCUT2D eigenvalue weighted by atomic mass is 32.1. The van der Waals surface area contributed by atoms with Crippen LogP contribution in [0.2, 0.25) is 0 Å². The highest BCUT2D eigenvalue weighted by molar-refractivity contribution is 7.08. The molecule has 1 aliphatic heterocycles. The average Bonchev–Trinajstić information content (AvgIpc) is 3.29. The molecule has 1 atom stereocenters. The number of thiophene rings is 1. The van der Waals surface area contributed by atoms with E-state index < -0.39 is 5.97 Å². The third-order valence-electron chi connectivity index (χ3n) is 4.58. The zero-order valence-corrected chi connectivity index (χ0v) is 16.4. The van der Waals surface area contributed by atoms with Crippen molar-refractivity contribution in [3.8, 4) is 5.75 Å². The Morgan fingerprint density at radius 1 is 1.10 bits per heavy atom. The Hall–Kier alpha value is -3.38. The molecule has 0 saturated carbocycles. The van der Waals surface area contributed by atoms with E-state index in [1.807, 2.05) is 71.4 Å². The van der Waals surface area contributed by atoms with Crippen LogP contribution in [0.5, 0.6) is 5.75 Å². The third-order valence-corrected chi connectivity index (χ3v) is 5.28. The molecule has 29 heavy (non-hydrogen) atoms. The second-order valence-electron chi connectivity index (χ2n) is 6.47. The van der Waals surface area contributed by atoms with Crippen molar-refractivity contribution in [1.29, 1.82) is 0 Å². The first kappa shape index (κ1) is 19.0. The number of carbonyl (C=O) groups excluding carboxylic acids is 2. The molecule has 0 radical (unpaired) electrons. The minimum Gasteiger partial charge on any atom is -0.489 e. The molecule has 6 heteroatoms. The Kier molecular flexibility index (Phi) is 5.72. The lowest BCUT2D eigenvalue weighted by Crippen LogP contribution is -2.43. The Labute approximate surface area is 172 Å². The molecule has 146 valence electrons. The monoisotopic (exact) mass is 405 g/mol. The van der Waals surface area contributed by atoms with Crippen molar-refractivity contribution in [2.45, 2.75) is 6.04 Å². The first-order chi connectivity index (χ1) is 14.2. The molecule has 3 aromatic rings. The van der Waals surface area contributed by atoms with E-state index in [2.05, 4.69) is 0 Å². The van der Waals surface area contributed by atoms with Gasteiger partial charge in [-0.15, -0.1) is 0 Å². The van der Waals surface area contributed by atoms with Crippen molar-refractivity contribution < 1.29 is 19.1 Å². The minimum absolute atomic E-state index is 0.293. The summed E-state index contributed by atoms with van der Waals surface area (Å²) in [7, 11) is 0. The Bertz CT molecular complexity index is 1010. The van der Waals surface area contributed by atoms with Gasteiger partial charge in [0.1, 0.15) is 12.4 Å². The molecule has 0 bridgehead atoms. The maximum atomic E-state index is 13.1. The van der Waals surface area contributed by atoms with E-state index in [-0.39, 0.29) is 18.6 Å². The maximum absolute atomic E-state index is 13.1. The van der Waals surface area contributed by atoms with Gasteiger partial charge in [0.15, 0.2) is 6.61 Å². The molecule has 5 nitrogen and oxygen atoms in total. The molecule has 0 saturated heterocycles. The van der Waals surface area contributed by atoms with Crippen molar-refractivity contribution in [3.63, 3.8) is 0 Å². The number of nitrogens with zero attached hydrogens (tertiary/aromatic N) is 1. The van der Waals surface area contributed by atoms with E-state index in [1.54, 1.807) is 22.3 Å². The Morgan fingerprint density at radius 2 is 1.90 bits per heavy atom. The second-order valence-corrected chi connectivity index (χ2v) is 7.25. The summed E-state index contributed by atoms with van der Waals surface area (Å²) >= 11 is 1.54. The normalized spacial score (nSPS) is 15.6. The fourth-order valence-electron chi connectivity index (χ4n) is 3.20. The first-order valence-electron chi connectivity index (χ1n) is 9.18. The summed E-state index contributed by atoms with van der Waals surface area (Å²) in [5.41, 5.74) is 2.55. The molecule has 0 aliphatic carbocycles. The molecule has 1 aromatic heterocycles. The van der Waals surface area contributed by atoms with Crippen LogP contribution in [-0.2, 0) is 14.3 Å². The molecule has 1 amide bonds. The van der Waals surface area contributed by atoms with Crippen molar-refractivity contribution in [1.82, 2.24) is 0 Å². The molecule has 2 aromatic carbocycles. The van der Waals surface area contributed by atoms with Crippen LogP contribution < -0.4 is 9.64 Å². The summed E-state index contributed by atoms with van der Waals surface area (Å²) in [6.07, 6.45) is 3.00. The Balaban J connectivity index is 1.51. The topological polar surface area (TPSA) is 55.8 Å². The van der Waals surface area contributed by atoms with Crippen LogP contribution in [0.1, 0.15) is 17.2 Å². The molecule has 0 fully saturated rings. The van der Waals surface area contributed by atoms with E-state index in [0.29, 0.717) is 18.0 Å². The SMILES string of the molecule is O=C(/C=C/c1ccsc1)OCC(=O)N1c2ccccc2OC[C@@H]1c1ccccc1. The fourth-order valence-corrected chi connectivity index (χ4v) is 3.83. The van der Waals surface area contributed by atoms with Crippen LogP contribution in [0.3, 0.4) is 0 Å². The van der Waals surface area contributed by atoms with Gasteiger partial charge in [-0.2, -0.15) is 11.3 Å². The minimum atomic E-state index is -0.553. The van der Waals surface area contributed by atoms with Crippen molar-refractivity contribution in [2.24, 2.45) is 0 Å². The van der Waals surface area contributed by atoms with Crippen LogP contribution in [0.4, 0.5) is 5.69 Å². The zero-order chi connectivity index (χ0) is 20.1. The number of fused-ring (bicyclic) bond motifs is 1. The number of para-hydroxylation sites is 2. The van der Waals surface area contributed by atoms with Gasteiger partial charge in [-0.3, -0.25) is 9.69 Å². The van der Waals surface area contributed by atoms with Crippen LogP contribution >= 0.6 is 11.3 Å². The quantitative estimate of drug-likeness (QED) is 0.464. The smallest absolute Gasteiger partial charge is 0.331 e. The van der Waals surface area contributed by atoms with Gasteiger partial charge in [0, 0.05) is 6.08 Å². The molecule has 0 spiro atoms. The maximum Gasteiger partial charge on any atom is 0.331 e. The number of rotatable bonds is 5. The zero-order valence-electron chi connectivity index (χ0n) is 15.6. The number of hydrogen-bond acceptors (Lipinski definition) is 5. The number of esters is 1. The van der Waals surface area contributed by atoms with Crippen LogP contribution in [0, 0.1) is 0 Å². The molecular weight excluding hydrogens is 386 g/mol. The summed E-state index contributed by atoms with van der Waals surface area (Å²) in [6, 6.07) is 18.7. The van der Waals surface area contributed by atoms with Crippen LogP contribution in [-0.4, -0.2) is 25.1 Å². The lowest BCUT2D eigenvalue weighted by Gasteiger charge is -2.37. The summed E-state index contributed by atoms with van der Waals surface area (Å²) < 4.78 is 11.1. The van der Waals surface area contributed by atoms with Gasteiger partial charge < -0.3 is 9.47 Å². The molecule has 2 heterocycles. The summed E-state index contributed by atoms with van der Waals surface area (Å²) in [5, 5.41) is 3.85. The van der Waals surface area contributed by atoms with Crippen LogP contribution in [0.25, 0.3) is 6.08 Å². The van der Waals surface area contributed by atoms with Gasteiger partial charge in [-0.05, 0) is 46.2 Å². The average molecular weight is 405 g/mol. The van der Waals surface area contributed by atoms with Gasteiger partial charge in [0.25, 0.3) is 5.91 Å². The molecule has 0 unspecified atom stereocenters. The van der Waals surface area contributed by atoms with Gasteiger partial charge in [0.05, 0.1) is 11.7 Å². The second kappa shape index (κ2) is 8.75. The van der Waals surface area contributed by atoms with E-state index in [4.69, 9.17) is 9.47 Å². The Morgan fingerprint density at radius 3 is 2.69 bits per heavy atom. The number of carbonyl (C=O) groups is 2. The summed E-state index contributed by atoms with van der Waals surface area (Å²) in [6.45, 7) is -0.0107. The number of amides is 1. The number of benzene rings is 2.